The molecular weight excluding hydrogens is 408 g/mol. The number of fused-ring (bicyclic) bond motifs is 3. The van der Waals surface area contributed by atoms with Gasteiger partial charge in [-0.2, -0.15) is 0 Å². The second kappa shape index (κ2) is 7.93. The van der Waals surface area contributed by atoms with Crippen LogP contribution in [0.1, 0.15) is 50.5 Å². The van der Waals surface area contributed by atoms with Crippen molar-refractivity contribution in [2.24, 2.45) is 5.41 Å². The van der Waals surface area contributed by atoms with Crippen LogP contribution in [-0.4, -0.2) is 47.0 Å². The van der Waals surface area contributed by atoms with E-state index in [9.17, 15) is 4.79 Å². The highest BCUT2D eigenvalue weighted by atomic mass is 32.1. The van der Waals surface area contributed by atoms with E-state index in [1.807, 2.05) is 28.4 Å². The predicted molar refractivity (Wildman–Crippen MR) is 125 cm³/mol. The number of anilines is 1. The molecule has 3 aromatic rings. The fourth-order valence-corrected chi connectivity index (χ4v) is 5.87. The third-order valence-electron chi connectivity index (χ3n) is 6.15. The fourth-order valence-electron chi connectivity index (χ4n) is 4.62. The van der Waals surface area contributed by atoms with Gasteiger partial charge in [-0.15, -0.1) is 11.3 Å². The molecule has 6 nitrogen and oxygen atoms in total. The van der Waals surface area contributed by atoms with Gasteiger partial charge in [0.05, 0.1) is 11.6 Å². The summed E-state index contributed by atoms with van der Waals surface area (Å²) < 4.78 is 5.62. The van der Waals surface area contributed by atoms with Crippen LogP contribution in [0.15, 0.2) is 22.8 Å². The summed E-state index contributed by atoms with van der Waals surface area (Å²) in [4.78, 5) is 29.5. The predicted octanol–water partition coefficient (Wildman–Crippen LogP) is 4.91. The molecule has 4 heterocycles. The molecule has 1 fully saturated rings. The lowest BCUT2D eigenvalue weighted by Gasteiger charge is -2.37. The molecule has 3 aromatic heterocycles. The Bertz CT molecular complexity index is 1090. The number of thiophene rings is 1. The van der Waals surface area contributed by atoms with Crippen LogP contribution in [0.3, 0.4) is 0 Å². The molecule has 0 saturated carbocycles. The molecule has 7 heteroatoms. The number of amides is 1. The molecule has 0 radical (unpaired) electrons. The van der Waals surface area contributed by atoms with E-state index in [1.54, 1.807) is 6.26 Å². The average molecular weight is 439 g/mol. The van der Waals surface area contributed by atoms with Gasteiger partial charge in [-0.05, 0) is 48.8 Å². The van der Waals surface area contributed by atoms with Gasteiger partial charge in [0.2, 0.25) is 5.91 Å². The van der Waals surface area contributed by atoms with Crippen LogP contribution in [0.2, 0.25) is 0 Å². The van der Waals surface area contributed by atoms with Gasteiger partial charge in [0, 0.05) is 37.5 Å². The highest BCUT2D eigenvalue weighted by Gasteiger charge is 2.29. The molecule has 0 spiro atoms. The summed E-state index contributed by atoms with van der Waals surface area (Å²) in [6.07, 6.45) is 6.99. The number of hydrogen-bond acceptors (Lipinski definition) is 6. The number of aryl methyl sites for hydroxylation is 2. The number of carbonyl (C=O) groups is 1. The molecule has 2 aliphatic rings. The quantitative estimate of drug-likeness (QED) is 0.581. The minimum absolute atomic E-state index is 0.0146. The van der Waals surface area contributed by atoms with E-state index in [0.717, 1.165) is 49.7 Å². The molecule has 164 valence electrons. The topological polar surface area (TPSA) is 62.5 Å². The minimum Gasteiger partial charge on any atom is -0.461 e. The Morgan fingerprint density at radius 2 is 1.90 bits per heavy atom. The monoisotopic (exact) mass is 438 g/mol. The molecule has 31 heavy (non-hydrogen) atoms. The van der Waals surface area contributed by atoms with E-state index in [1.165, 1.54) is 28.7 Å². The Morgan fingerprint density at radius 3 is 2.61 bits per heavy atom. The Kier molecular flexibility index (Phi) is 5.24. The molecule has 0 bridgehead atoms. The first-order chi connectivity index (χ1) is 14.9. The summed E-state index contributed by atoms with van der Waals surface area (Å²) in [5, 5.41) is 1.23. The van der Waals surface area contributed by atoms with Crippen molar-refractivity contribution in [2.45, 2.75) is 52.9 Å². The number of rotatable bonds is 3. The first-order valence-corrected chi connectivity index (χ1v) is 12.1. The smallest absolute Gasteiger partial charge is 0.223 e. The van der Waals surface area contributed by atoms with Crippen molar-refractivity contribution >= 4 is 33.3 Å². The lowest BCUT2D eigenvalue weighted by molar-refractivity contribution is -0.133. The van der Waals surface area contributed by atoms with Gasteiger partial charge >= 0.3 is 0 Å². The van der Waals surface area contributed by atoms with Crippen molar-refractivity contribution in [2.75, 3.05) is 31.1 Å². The summed E-state index contributed by atoms with van der Waals surface area (Å²) in [6.45, 7) is 9.43. The molecule has 1 aliphatic carbocycles. The number of hydrogen-bond donors (Lipinski definition) is 0. The van der Waals surface area contributed by atoms with E-state index in [2.05, 4.69) is 25.7 Å². The fraction of sp³-hybridized carbons (Fsp3) is 0.542. The second-order valence-corrected chi connectivity index (χ2v) is 10.9. The average Bonchev–Trinajstić information content (AvgIpc) is 3.40. The maximum Gasteiger partial charge on any atom is 0.223 e. The highest BCUT2D eigenvalue weighted by molar-refractivity contribution is 7.19. The number of piperazine rings is 1. The first kappa shape index (κ1) is 20.5. The largest absolute Gasteiger partial charge is 0.461 e. The van der Waals surface area contributed by atoms with E-state index >= 15 is 0 Å². The Morgan fingerprint density at radius 1 is 1.13 bits per heavy atom. The van der Waals surface area contributed by atoms with Gasteiger partial charge < -0.3 is 14.2 Å². The maximum absolute atomic E-state index is 12.7. The first-order valence-electron chi connectivity index (χ1n) is 11.3. The summed E-state index contributed by atoms with van der Waals surface area (Å²) in [5.74, 6) is 2.62. The van der Waals surface area contributed by atoms with Crippen LogP contribution in [0, 0.1) is 5.41 Å². The van der Waals surface area contributed by atoms with Crippen LogP contribution in [0.5, 0.6) is 0 Å². The summed E-state index contributed by atoms with van der Waals surface area (Å²) in [5.41, 5.74) is 1.46. The zero-order valence-electron chi connectivity index (χ0n) is 18.6. The van der Waals surface area contributed by atoms with Gasteiger partial charge in [0.15, 0.2) is 11.6 Å². The highest BCUT2D eigenvalue weighted by Crippen LogP contribution is 2.41. The Hall–Kier alpha value is -2.41. The van der Waals surface area contributed by atoms with E-state index in [4.69, 9.17) is 14.4 Å². The number of nitrogens with zero attached hydrogens (tertiary/aromatic N) is 4. The Balaban J connectivity index is 1.48. The molecule has 0 N–H and O–H groups in total. The Labute approximate surface area is 187 Å². The van der Waals surface area contributed by atoms with Crippen molar-refractivity contribution in [1.82, 2.24) is 14.9 Å². The van der Waals surface area contributed by atoms with Gasteiger partial charge in [-0.3, -0.25) is 4.79 Å². The van der Waals surface area contributed by atoms with Gasteiger partial charge in [0.1, 0.15) is 10.6 Å². The van der Waals surface area contributed by atoms with Crippen LogP contribution in [-0.2, 0) is 17.6 Å². The number of furan rings is 1. The molecule has 5 rings (SSSR count). The third-order valence-corrected chi connectivity index (χ3v) is 7.34. The van der Waals surface area contributed by atoms with Crippen LogP contribution < -0.4 is 4.90 Å². The number of carbonyl (C=O) groups excluding carboxylic acids is 1. The molecule has 1 saturated heterocycles. The van der Waals surface area contributed by atoms with E-state index in [-0.39, 0.29) is 11.3 Å². The lowest BCUT2D eigenvalue weighted by atomic mass is 9.91. The molecule has 1 aliphatic heterocycles. The van der Waals surface area contributed by atoms with Crippen LogP contribution >= 0.6 is 11.3 Å². The van der Waals surface area contributed by atoms with Crippen molar-refractivity contribution in [1.29, 1.82) is 0 Å². The van der Waals surface area contributed by atoms with Crippen LogP contribution in [0.25, 0.3) is 21.8 Å². The normalized spacial score (nSPS) is 17.3. The van der Waals surface area contributed by atoms with Crippen molar-refractivity contribution in [3.8, 4) is 11.6 Å². The van der Waals surface area contributed by atoms with Gasteiger partial charge in [0.25, 0.3) is 0 Å². The van der Waals surface area contributed by atoms with Crippen LogP contribution in [0.4, 0.5) is 5.82 Å². The zero-order valence-corrected chi connectivity index (χ0v) is 19.4. The SMILES string of the molecule is CC(C)(C)CC(=O)N1CCN(c2nc(-c3ccco3)nc3sc4c(c23)CCCC4)CC1. The standard InChI is InChI=1S/C24H30N4O2S/c1-24(2,3)15-19(29)27-10-12-28(13-11-27)22-20-16-7-4-5-9-18(16)31-23(20)26-21(25-22)17-8-6-14-30-17/h6,8,14H,4-5,7,9-13,15H2,1-3H3. The third kappa shape index (κ3) is 4.07. The summed E-state index contributed by atoms with van der Waals surface area (Å²) in [6, 6.07) is 3.79. The molecule has 0 atom stereocenters. The summed E-state index contributed by atoms with van der Waals surface area (Å²) in [7, 11) is 0. The summed E-state index contributed by atoms with van der Waals surface area (Å²) >= 11 is 1.82. The molecule has 0 aromatic carbocycles. The van der Waals surface area contributed by atoms with E-state index in [0.29, 0.717) is 18.0 Å². The zero-order chi connectivity index (χ0) is 21.6. The maximum atomic E-state index is 12.7. The molecule has 0 unspecified atom stereocenters. The second-order valence-electron chi connectivity index (χ2n) is 9.84. The minimum atomic E-state index is 0.0146. The molecular formula is C24H30N4O2S. The molecule has 1 amide bonds. The van der Waals surface area contributed by atoms with Crippen molar-refractivity contribution < 1.29 is 9.21 Å². The van der Waals surface area contributed by atoms with Gasteiger partial charge in [-0.25, -0.2) is 9.97 Å². The van der Waals surface area contributed by atoms with Crippen molar-refractivity contribution in [3.05, 3.63) is 28.8 Å². The van der Waals surface area contributed by atoms with E-state index < -0.39 is 0 Å². The number of aromatic nitrogens is 2. The lowest BCUT2D eigenvalue weighted by Crippen LogP contribution is -2.49. The van der Waals surface area contributed by atoms with Crippen molar-refractivity contribution in [3.63, 3.8) is 0 Å². The van der Waals surface area contributed by atoms with Gasteiger partial charge in [-0.1, -0.05) is 20.8 Å².